The normalized spacial score (nSPS) is 21.7. The maximum atomic E-state index is 13.5. The summed E-state index contributed by atoms with van der Waals surface area (Å²) in [4.78, 5) is 30.2. The molecule has 0 bridgehead atoms. The number of benzene rings is 2. The third-order valence-electron chi connectivity index (χ3n) is 6.83. The SMILES string of the molecule is CN(C)C(=O)[C@]1(Cc2ccccc2-c2ccccc2)CCCN(C(=O)C2CCC2)C1. The van der Waals surface area contributed by atoms with E-state index in [1.54, 1.807) is 4.90 Å². The number of carbonyl (C=O) groups is 2. The summed E-state index contributed by atoms with van der Waals surface area (Å²) in [5, 5.41) is 0. The first-order valence-electron chi connectivity index (χ1n) is 11.1. The molecule has 2 fully saturated rings. The van der Waals surface area contributed by atoms with Gasteiger partial charge in [-0.1, -0.05) is 61.0 Å². The molecule has 2 amide bonds. The molecule has 158 valence electrons. The molecule has 4 nitrogen and oxygen atoms in total. The van der Waals surface area contributed by atoms with Crippen LogP contribution in [0.3, 0.4) is 0 Å². The Morgan fingerprint density at radius 2 is 1.70 bits per heavy atom. The van der Waals surface area contributed by atoms with E-state index in [2.05, 4.69) is 36.4 Å². The van der Waals surface area contributed by atoms with Gasteiger partial charge in [0, 0.05) is 33.1 Å². The summed E-state index contributed by atoms with van der Waals surface area (Å²) >= 11 is 0. The van der Waals surface area contributed by atoms with E-state index >= 15 is 0 Å². The second-order valence-electron chi connectivity index (χ2n) is 9.17. The highest BCUT2D eigenvalue weighted by Crippen LogP contribution is 2.39. The lowest BCUT2D eigenvalue weighted by molar-refractivity contribution is -0.150. The van der Waals surface area contributed by atoms with Crippen LogP contribution in [0.5, 0.6) is 0 Å². The van der Waals surface area contributed by atoms with Crippen molar-refractivity contribution in [1.82, 2.24) is 9.80 Å². The van der Waals surface area contributed by atoms with Crippen LogP contribution in [0.4, 0.5) is 0 Å². The van der Waals surface area contributed by atoms with Gasteiger partial charge in [0.1, 0.15) is 0 Å². The van der Waals surface area contributed by atoms with Crippen LogP contribution in [0, 0.1) is 11.3 Å². The van der Waals surface area contributed by atoms with Gasteiger partial charge in [-0.2, -0.15) is 0 Å². The van der Waals surface area contributed by atoms with Crippen LogP contribution in [0.1, 0.15) is 37.7 Å². The minimum atomic E-state index is -0.563. The van der Waals surface area contributed by atoms with E-state index in [0.29, 0.717) is 13.0 Å². The molecule has 4 heteroatoms. The summed E-state index contributed by atoms with van der Waals surface area (Å²) in [6.45, 7) is 1.31. The molecule has 0 aromatic heterocycles. The first-order chi connectivity index (χ1) is 14.5. The van der Waals surface area contributed by atoms with Crippen molar-refractivity contribution in [1.29, 1.82) is 0 Å². The lowest BCUT2D eigenvalue weighted by Gasteiger charge is -2.45. The second-order valence-corrected chi connectivity index (χ2v) is 9.17. The van der Waals surface area contributed by atoms with Crippen molar-refractivity contribution in [3.8, 4) is 11.1 Å². The van der Waals surface area contributed by atoms with Gasteiger partial charge in [-0.3, -0.25) is 9.59 Å². The molecular weight excluding hydrogens is 372 g/mol. The number of amides is 2. The van der Waals surface area contributed by atoms with Crippen LogP contribution in [0.25, 0.3) is 11.1 Å². The zero-order valence-corrected chi connectivity index (χ0v) is 18.1. The van der Waals surface area contributed by atoms with Crippen molar-refractivity contribution in [3.05, 3.63) is 60.2 Å². The van der Waals surface area contributed by atoms with Gasteiger partial charge in [0.25, 0.3) is 0 Å². The Morgan fingerprint density at radius 1 is 1.00 bits per heavy atom. The van der Waals surface area contributed by atoms with Crippen molar-refractivity contribution < 1.29 is 9.59 Å². The van der Waals surface area contributed by atoms with Crippen molar-refractivity contribution in [3.63, 3.8) is 0 Å². The summed E-state index contributed by atoms with van der Waals surface area (Å²) < 4.78 is 0. The predicted molar refractivity (Wildman–Crippen MR) is 120 cm³/mol. The number of likely N-dealkylation sites (tertiary alicyclic amines) is 1. The van der Waals surface area contributed by atoms with Crippen molar-refractivity contribution in [2.75, 3.05) is 27.2 Å². The second kappa shape index (κ2) is 8.63. The quantitative estimate of drug-likeness (QED) is 0.741. The number of piperidine rings is 1. The van der Waals surface area contributed by atoms with E-state index in [1.165, 1.54) is 16.7 Å². The number of rotatable bonds is 5. The van der Waals surface area contributed by atoms with Crippen LogP contribution >= 0.6 is 0 Å². The van der Waals surface area contributed by atoms with Crippen LogP contribution < -0.4 is 0 Å². The molecule has 2 aromatic rings. The smallest absolute Gasteiger partial charge is 0.230 e. The van der Waals surface area contributed by atoms with Gasteiger partial charge in [-0.15, -0.1) is 0 Å². The summed E-state index contributed by atoms with van der Waals surface area (Å²) in [6.07, 6.45) is 5.51. The third-order valence-corrected chi connectivity index (χ3v) is 6.83. The van der Waals surface area contributed by atoms with Gasteiger partial charge >= 0.3 is 0 Å². The van der Waals surface area contributed by atoms with Gasteiger partial charge in [-0.25, -0.2) is 0 Å². The highest BCUT2D eigenvalue weighted by molar-refractivity contribution is 5.86. The number of nitrogens with zero attached hydrogens (tertiary/aromatic N) is 2. The standard InChI is InChI=1S/C26H32N2O2/c1-27(2)25(30)26(16-9-17-28(19-26)24(29)21-13-8-14-21)18-22-12-6-7-15-23(22)20-10-4-3-5-11-20/h3-7,10-12,15,21H,8-9,13-14,16-19H2,1-2H3/t26-/m0/s1. The van der Waals surface area contributed by atoms with Crippen LogP contribution in [-0.4, -0.2) is 48.8 Å². The molecular formula is C26H32N2O2. The molecule has 0 spiro atoms. The van der Waals surface area contributed by atoms with Gasteiger partial charge in [0.05, 0.1) is 5.41 Å². The molecule has 1 saturated heterocycles. The maximum Gasteiger partial charge on any atom is 0.230 e. The van der Waals surface area contributed by atoms with Crippen molar-refractivity contribution in [2.24, 2.45) is 11.3 Å². The van der Waals surface area contributed by atoms with E-state index in [9.17, 15) is 9.59 Å². The molecule has 1 aliphatic heterocycles. The maximum absolute atomic E-state index is 13.5. The molecule has 1 heterocycles. The zero-order valence-electron chi connectivity index (χ0n) is 18.1. The van der Waals surface area contributed by atoms with E-state index in [-0.39, 0.29) is 17.7 Å². The monoisotopic (exact) mass is 404 g/mol. The minimum Gasteiger partial charge on any atom is -0.348 e. The molecule has 4 rings (SSSR count). The number of hydrogen-bond donors (Lipinski definition) is 0. The lowest BCUT2D eigenvalue weighted by Crippen LogP contribution is -2.55. The van der Waals surface area contributed by atoms with Gasteiger partial charge < -0.3 is 9.80 Å². The van der Waals surface area contributed by atoms with Crippen molar-refractivity contribution in [2.45, 2.75) is 38.5 Å². The Hall–Kier alpha value is -2.62. The molecule has 30 heavy (non-hydrogen) atoms. The van der Waals surface area contributed by atoms with Crippen LogP contribution in [0.2, 0.25) is 0 Å². The number of hydrogen-bond acceptors (Lipinski definition) is 2. The molecule has 1 aliphatic carbocycles. The molecule has 0 unspecified atom stereocenters. The van der Waals surface area contributed by atoms with E-state index in [0.717, 1.165) is 38.6 Å². The summed E-state index contributed by atoms with van der Waals surface area (Å²) in [6, 6.07) is 18.7. The number of carbonyl (C=O) groups excluding carboxylic acids is 2. The minimum absolute atomic E-state index is 0.136. The third kappa shape index (κ3) is 4.00. The fraction of sp³-hybridized carbons (Fsp3) is 0.462. The first-order valence-corrected chi connectivity index (χ1v) is 11.1. The fourth-order valence-electron chi connectivity index (χ4n) is 5.04. The zero-order chi connectivity index (χ0) is 21.1. The average Bonchev–Trinajstić information content (AvgIpc) is 2.73. The Kier molecular flexibility index (Phi) is 5.94. The lowest BCUT2D eigenvalue weighted by atomic mass is 9.72. The molecule has 2 aromatic carbocycles. The Labute approximate surface area is 179 Å². The van der Waals surface area contributed by atoms with Gasteiger partial charge in [0.15, 0.2) is 0 Å². The van der Waals surface area contributed by atoms with Gasteiger partial charge in [-0.05, 0) is 48.8 Å². The summed E-state index contributed by atoms with van der Waals surface area (Å²) in [5.41, 5.74) is 2.95. The highest BCUT2D eigenvalue weighted by Gasteiger charge is 2.45. The van der Waals surface area contributed by atoms with Crippen LogP contribution in [-0.2, 0) is 16.0 Å². The Balaban J connectivity index is 1.67. The topological polar surface area (TPSA) is 40.6 Å². The molecule has 0 radical (unpaired) electrons. The molecule has 0 N–H and O–H groups in total. The average molecular weight is 405 g/mol. The van der Waals surface area contributed by atoms with E-state index in [4.69, 9.17) is 0 Å². The van der Waals surface area contributed by atoms with E-state index < -0.39 is 5.41 Å². The largest absolute Gasteiger partial charge is 0.348 e. The van der Waals surface area contributed by atoms with Crippen molar-refractivity contribution >= 4 is 11.8 Å². The molecule has 1 saturated carbocycles. The Bertz CT molecular complexity index is 904. The van der Waals surface area contributed by atoms with E-state index in [1.807, 2.05) is 37.2 Å². The molecule has 1 atom stereocenters. The Morgan fingerprint density at radius 3 is 2.37 bits per heavy atom. The fourth-order valence-corrected chi connectivity index (χ4v) is 5.04. The molecule has 2 aliphatic rings. The highest BCUT2D eigenvalue weighted by atomic mass is 16.2. The summed E-state index contributed by atoms with van der Waals surface area (Å²) in [7, 11) is 3.67. The van der Waals surface area contributed by atoms with Crippen LogP contribution in [0.15, 0.2) is 54.6 Å². The first kappa shape index (κ1) is 20.6. The van der Waals surface area contributed by atoms with Gasteiger partial charge in [0.2, 0.25) is 11.8 Å². The predicted octanol–water partition coefficient (Wildman–Crippen LogP) is 4.39. The summed E-state index contributed by atoms with van der Waals surface area (Å²) in [5.74, 6) is 0.566.